The number of hydrogen-bond donors (Lipinski definition) is 4. The van der Waals surface area contributed by atoms with Crippen LogP contribution in [0.4, 0.5) is 11.4 Å². The zero-order valence-corrected chi connectivity index (χ0v) is 29.3. The van der Waals surface area contributed by atoms with Crippen molar-refractivity contribution >= 4 is 46.6 Å². The van der Waals surface area contributed by atoms with E-state index in [0.717, 1.165) is 17.5 Å². The van der Waals surface area contributed by atoms with Crippen molar-refractivity contribution in [1.29, 1.82) is 10.8 Å². The number of nitrogens with zero attached hydrogens (tertiary/aromatic N) is 5. The number of hydrogen-bond acceptors (Lipinski definition) is 8. The lowest BCUT2D eigenvalue weighted by Crippen LogP contribution is -2.42. The highest BCUT2D eigenvalue weighted by Gasteiger charge is 2.33. The number of rotatable bonds is 12. The Bertz CT molecular complexity index is 1770. The zero-order chi connectivity index (χ0) is 35.8. The SMILES string of the molecule is CCN(C(=O)[C@@H]1CCN(CC(=O)N2CC=C(c3ccc(C(=N)/N=C\NC)cc3)CC2)C1)c1ccc(N)c(C(=N)c2ccc(OC(C)C)nc2)c1. The zero-order valence-electron chi connectivity index (χ0n) is 29.3. The molecule has 12 nitrogen and oxygen atoms in total. The van der Waals surface area contributed by atoms with Crippen LogP contribution >= 0.6 is 0 Å². The van der Waals surface area contributed by atoms with Crippen molar-refractivity contribution in [3.63, 3.8) is 0 Å². The third-order valence-corrected chi connectivity index (χ3v) is 8.98. The second-order valence-electron chi connectivity index (χ2n) is 12.8. The molecule has 0 spiro atoms. The normalized spacial score (nSPS) is 16.4. The molecule has 1 saturated heterocycles. The van der Waals surface area contributed by atoms with Gasteiger partial charge in [0.15, 0.2) is 5.84 Å². The first kappa shape index (κ1) is 35.9. The van der Waals surface area contributed by atoms with Crippen LogP contribution in [0.1, 0.15) is 55.9 Å². The van der Waals surface area contributed by atoms with Gasteiger partial charge in [0, 0.05) is 73.6 Å². The number of nitrogen functional groups attached to an aromatic ring is 1. The lowest BCUT2D eigenvalue weighted by Gasteiger charge is -2.29. The molecule has 1 fully saturated rings. The van der Waals surface area contributed by atoms with Crippen molar-refractivity contribution in [1.82, 2.24) is 20.1 Å². The Kier molecular flexibility index (Phi) is 11.8. The number of carbonyl (C=O) groups excluding carboxylic acids is 2. The van der Waals surface area contributed by atoms with E-state index in [-0.39, 0.29) is 41.9 Å². The highest BCUT2D eigenvalue weighted by atomic mass is 16.5. The summed E-state index contributed by atoms with van der Waals surface area (Å²) >= 11 is 0. The third kappa shape index (κ3) is 8.61. The Labute approximate surface area is 294 Å². The van der Waals surface area contributed by atoms with E-state index < -0.39 is 0 Å². The number of benzene rings is 2. The third-order valence-electron chi connectivity index (χ3n) is 8.98. The van der Waals surface area contributed by atoms with Gasteiger partial charge in [0.05, 0.1) is 30.6 Å². The molecule has 2 amide bonds. The van der Waals surface area contributed by atoms with Crippen molar-refractivity contribution in [3.05, 3.63) is 89.1 Å². The predicted octanol–water partition coefficient (Wildman–Crippen LogP) is 4.43. The smallest absolute Gasteiger partial charge is 0.237 e. The minimum Gasteiger partial charge on any atom is -0.475 e. The van der Waals surface area contributed by atoms with Crippen LogP contribution in [-0.2, 0) is 9.59 Å². The second-order valence-corrected chi connectivity index (χ2v) is 12.8. The Hall–Kier alpha value is -5.36. The number of carbonyl (C=O) groups is 2. The first-order valence-corrected chi connectivity index (χ1v) is 17.1. The van der Waals surface area contributed by atoms with E-state index in [1.807, 2.05) is 56.0 Å². The maximum Gasteiger partial charge on any atom is 0.237 e. The van der Waals surface area contributed by atoms with Crippen LogP contribution in [0.25, 0.3) is 5.57 Å². The van der Waals surface area contributed by atoms with Gasteiger partial charge < -0.3 is 25.6 Å². The van der Waals surface area contributed by atoms with Crippen LogP contribution < -0.4 is 20.7 Å². The summed E-state index contributed by atoms with van der Waals surface area (Å²) in [6.07, 6.45) is 6.61. The van der Waals surface area contributed by atoms with E-state index in [9.17, 15) is 9.59 Å². The number of amides is 2. The van der Waals surface area contributed by atoms with Crippen LogP contribution in [0, 0.1) is 16.7 Å². The number of aliphatic imine (C=N–C) groups is 1. The van der Waals surface area contributed by atoms with Gasteiger partial charge in [-0.1, -0.05) is 30.3 Å². The summed E-state index contributed by atoms with van der Waals surface area (Å²) in [5, 5.41) is 19.7. The largest absolute Gasteiger partial charge is 0.475 e. The number of anilines is 2. The van der Waals surface area contributed by atoms with Crippen molar-refractivity contribution in [2.24, 2.45) is 10.9 Å². The molecule has 2 aromatic carbocycles. The number of amidine groups is 1. The molecule has 5 rings (SSSR count). The average Bonchev–Trinajstić information content (AvgIpc) is 3.60. The molecule has 12 heteroatoms. The molecule has 262 valence electrons. The van der Waals surface area contributed by atoms with Crippen LogP contribution in [0.3, 0.4) is 0 Å². The summed E-state index contributed by atoms with van der Waals surface area (Å²) in [5.41, 5.74) is 11.8. The predicted molar refractivity (Wildman–Crippen MR) is 199 cm³/mol. The fourth-order valence-electron chi connectivity index (χ4n) is 6.28. The lowest BCUT2D eigenvalue weighted by molar-refractivity contribution is -0.132. The van der Waals surface area contributed by atoms with E-state index in [4.69, 9.17) is 21.3 Å². The first-order valence-electron chi connectivity index (χ1n) is 17.1. The van der Waals surface area contributed by atoms with Crippen LogP contribution in [0.2, 0.25) is 0 Å². The van der Waals surface area contributed by atoms with Crippen molar-refractivity contribution < 1.29 is 14.3 Å². The van der Waals surface area contributed by atoms with Gasteiger partial charge in [-0.25, -0.2) is 9.98 Å². The Morgan fingerprint density at radius 3 is 2.52 bits per heavy atom. The molecule has 1 aromatic heterocycles. The van der Waals surface area contributed by atoms with Crippen LogP contribution in [0.15, 0.2) is 71.9 Å². The number of ether oxygens (including phenoxy) is 1. The minimum absolute atomic E-state index is 0.00194. The summed E-state index contributed by atoms with van der Waals surface area (Å²) in [6, 6.07) is 16.7. The molecular formula is C38H47N9O3. The van der Waals surface area contributed by atoms with Gasteiger partial charge in [-0.3, -0.25) is 25.3 Å². The molecule has 2 aliphatic heterocycles. The topological polar surface area (TPSA) is 164 Å². The minimum atomic E-state index is -0.234. The summed E-state index contributed by atoms with van der Waals surface area (Å²) < 4.78 is 5.63. The molecule has 0 unspecified atom stereocenters. The number of nitrogens with two attached hydrogens (primary N) is 1. The average molecular weight is 678 g/mol. The highest BCUT2D eigenvalue weighted by molar-refractivity contribution is 6.14. The molecule has 50 heavy (non-hydrogen) atoms. The van der Waals surface area contributed by atoms with Gasteiger partial charge in [-0.05, 0) is 75.6 Å². The van der Waals surface area contributed by atoms with Crippen LogP contribution in [0.5, 0.6) is 5.88 Å². The Morgan fingerprint density at radius 2 is 1.88 bits per heavy atom. The lowest BCUT2D eigenvalue weighted by atomic mass is 9.98. The van der Waals surface area contributed by atoms with Crippen molar-refractivity contribution in [2.45, 2.75) is 39.7 Å². The maximum absolute atomic E-state index is 13.8. The number of nitrogens with one attached hydrogen (secondary N) is 3. The van der Waals surface area contributed by atoms with E-state index in [1.165, 1.54) is 11.9 Å². The Balaban J connectivity index is 1.16. The first-order chi connectivity index (χ1) is 24.1. The summed E-state index contributed by atoms with van der Waals surface area (Å²) in [4.78, 5) is 41.2. The summed E-state index contributed by atoms with van der Waals surface area (Å²) in [6.45, 7) is 8.90. The molecule has 3 aromatic rings. The molecule has 1 atom stereocenters. The number of pyridine rings is 1. The molecule has 0 saturated carbocycles. The monoisotopic (exact) mass is 677 g/mol. The molecule has 2 aliphatic rings. The molecule has 0 aliphatic carbocycles. The molecule has 0 radical (unpaired) electrons. The van der Waals surface area contributed by atoms with E-state index in [1.54, 1.807) is 42.4 Å². The van der Waals surface area contributed by atoms with Gasteiger partial charge >= 0.3 is 0 Å². The van der Waals surface area contributed by atoms with Gasteiger partial charge in [-0.15, -0.1) is 0 Å². The summed E-state index contributed by atoms with van der Waals surface area (Å²) in [5.74, 6) is 0.512. The quantitative estimate of drug-likeness (QED) is 0.125. The van der Waals surface area contributed by atoms with Gasteiger partial charge in [-0.2, -0.15) is 0 Å². The molecule has 5 N–H and O–H groups in total. The van der Waals surface area contributed by atoms with Gasteiger partial charge in [0.1, 0.15) is 0 Å². The molecule has 3 heterocycles. The van der Waals surface area contributed by atoms with Crippen LogP contribution in [-0.4, -0.2) is 96.9 Å². The Morgan fingerprint density at radius 1 is 1.12 bits per heavy atom. The fraction of sp³-hybridized carbons (Fsp3) is 0.368. The van der Waals surface area contributed by atoms with E-state index >= 15 is 0 Å². The highest BCUT2D eigenvalue weighted by Crippen LogP contribution is 2.28. The van der Waals surface area contributed by atoms with Crippen molar-refractivity contribution in [3.8, 4) is 5.88 Å². The molecule has 0 bridgehead atoms. The standard InChI is InChI=1S/C38H47N9O3/c1-5-47(31-11-12-33(39)32(20-31)36(40)29-10-13-34(43-21-29)50-25(2)3)38(49)30-14-17-45(22-30)23-35(48)46-18-15-27(16-19-46)26-6-8-28(9-7-26)37(41)44-24-42-4/h6-13,15,20-21,24-25,30,40H,5,14,16-19,22-23,39H2,1-4H3,(H2,41,42,44)/t30-/m1/s1. The second kappa shape index (κ2) is 16.4. The molecular weight excluding hydrogens is 630 g/mol. The fourth-order valence-corrected chi connectivity index (χ4v) is 6.28. The van der Waals surface area contributed by atoms with E-state index in [2.05, 4.69) is 26.3 Å². The summed E-state index contributed by atoms with van der Waals surface area (Å²) in [7, 11) is 1.74. The number of likely N-dealkylation sites (tertiary alicyclic amines) is 1. The number of aromatic nitrogens is 1. The van der Waals surface area contributed by atoms with E-state index in [0.29, 0.717) is 67.5 Å². The van der Waals surface area contributed by atoms with Crippen molar-refractivity contribution in [2.75, 3.05) is 56.9 Å². The maximum atomic E-state index is 13.8. The van der Waals surface area contributed by atoms with Gasteiger partial charge in [0.2, 0.25) is 17.7 Å². The van der Waals surface area contributed by atoms with Gasteiger partial charge in [0.25, 0.3) is 0 Å².